The average Bonchev–Trinajstić information content (AvgIpc) is 3.18. The first kappa shape index (κ1) is 17.6. The number of rotatable bonds is 5. The van der Waals surface area contributed by atoms with Crippen LogP contribution in [-0.4, -0.2) is 21.3 Å². The number of thioether (sulfide) groups is 1. The normalized spacial score (nSPS) is 11.7. The molecule has 0 unspecified atom stereocenters. The summed E-state index contributed by atoms with van der Waals surface area (Å²) >= 11 is 13.0. The number of aliphatic carboxylic acids is 1. The first-order valence-corrected chi connectivity index (χ1v) is 8.48. The monoisotopic (exact) mass is 396 g/mol. The Bertz CT molecular complexity index is 965. The Labute approximate surface area is 156 Å². The van der Waals surface area contributed by atoms with Gasteiger partial charge in [0, 0.05) is 23.6 Å². The van der Waals surface area contributed by atoms with Gasteiger partial charge < -0.3 is 13.9 Å². The van der Waals surface area contributed by atoms with Crippen LogP contribution in [0.15, 0.2) is 49.3 Å². The van der Waals surface area contributed by atoms with Crippen LogP contribution < -0.4 is 0 Å². The molecule has 0 atom stereocenters. The Morgan fingerprint density at radius 3 is 2.68 bits per heavy atom. The molecular formula is C16H10Cl2N2O4S. The van der Waals surface area contributed by atoms with E-state index < -0.39 is 5.97 Å². The van der Waals surface area contributed by atoms with Gasteiger partial charge in [-0.3, -0.25) is 0 Å². The van der Waals surface area contributed by atoms with Crippen LogP contribution >= 0.6 is 35.0 Å². The number of nitrogens with zero attached hydrogens (tertiary/aromatic N) is 2. The highest BCUT2D eigenvalue weighted by molar-refractivity contribution is 8.03. The molecule has 0 radical (unpaired) electrons. The van der Waals surface area contributed by atoms with Crippen LogP contribution in [0, 0.1) is 6.92 Å². The molecule has 1 aromatic carbocycles. The average molecular weight is 397 g/mol. The molecule has 3 rings (SSSR count). The molecular weight excluding hydrogens is 387 g/mol. The number of halogens is 2. The molecule has 3 aromatic rings. The maximum Gasteiger partial charge on any atom is 0.342 e. The lowest BCUT2D eigenvalue weighted by Crippen LogP contribution is -1.96. The maximum absolute atomic E-state index is 11.4. The molecule has 0 aliphatic carbocycles. The van der Waals surface area contributed by atoms with E-state index in [0.29, 0.717) is 33.0 Å². The van der Waals surface area contributed by atoms with Crippen molar-refractivity contribution >= 4 is 47.0 Å². The highest BCUT2D eigenvalue weighted by atomic mass is 35.5. The molecule has 0 saturated carbocycles. The Hall–Kier alpha value is -2.22. The van der Waals surface area contributed by atoms with Crippen molar-refractivity contribution in [1.82, 2.24) is 10.2 Å². The van der Waals surface area contributed by atoms with E-state index in [1.165, 1.54) is 6.08 Å². The zero-order chi connectivity index (χ0) is 18.0. The second-order valence-electron chi connectivity index (χ2n) is 4.83. The zero-order valence-electron chi connectivity index (χ0n) is 12.7. The molecule has 2 heterocycles. The van der Waals surface area contributed by atoms with Gasteiger partial charge in [-0.15, -0.1) is 10.2 Å². The van der Waals surface area contributed by atoms with Gasteiger partial charge in [0.15, 0.2) is 0 Å². The lowest BCUT2D eigenvalue weighted by Gasteiger charge is -2.01. The number of hydrogen-bond acceptors (Lipinski definition) is 6. The fraction of sp³-hybridized carbons (Fsp3) is 0.0625. The molecule has 128 valence electrons. The summed E-state index contributed by atoms with van der Waals surface area (Å²) in [7, 11) is 0. The van der Waals surface area contributed by atoms with Crippen LogP contribution in [0.3, 0.4) is 0 Å². The summed E-state index contributed by atoms with van der Waals surface area (Å²) in [6.45, 7) is 1.62. The quantitative estimate of drug-likeness (QED) is 0.470. The van der Waals surface area contributed by atoms with Crippen molar-refractivity contribution in [3.8, 4) is 11.3 Å². The minimum Gasteiger partial charge on any atom is -0.477 e. The summed E-state index contributed by atoms with van der Waals surface area (Å²) in [6.07, 6.45) is 1.37. The van der Waals surface area contributed by atoms with Crippen LogP contribution in [0.25, 0.3) is 17.4 Å². The van der Waals surface area contributed by atoms with E-state index in [0.717, 1.165) is 11.8 Å². The number of furan rings is 1. The number of carboxylic acids is 1. The Kier molecular flexibility index (Phi) is 5.17. The predicted octanol–water partition coefficient (Wildman–Crippen LogP) is 5.16. The van der Waals surface area contributed by atoms with Crippen molar-refractivity contribution < 1.29 is 18.7 Å². The fourth-order valence-electron chi connectivity index (χ4n) is 1.94. The van der Waals surface area contributed by atoms with E-state index in [1.807, 2.05) is 0 Å². The van der Waals surface area contributed by atoms with Crippen molar-refractivity contribution in [1.29, 1.82) is 0 Å². The number of benzene rings is 1. The summed E-state index contributed by atoms with van der Waals surface area (Å²) in [5, 5.41) is 17.9. The standard InChI is InChI=1S/C16H10Cl2N2O4S/c1-8-19-20-16(23-8)25-14(15(21)22)7-10-3-5-13(24-10)11-6-9(17)2-4-12(11)18/h2-7H,1H3,(H,21,22)/b14-7+. The van der Waals surface area contributed by atoms with Crippen molar-refractivity contribution in [2.45, 2.75) is 12.1 Å². The number of carbonyl (C=O) groups is 1. The van der Waals surface area contributed by atoms with E-state index >= 15 is 0 Å². The molecule has 0 aliphatic rings. The molecule has 1 N–H and O–H groups in total. The van der Waals surface area contributed by atoms with E-state index in [2.05, 4.69) is 10.2 Å². The first-order chi connectivity index (χ1) is 11.9. The lowest BCUT2D eigenvalue weighted by molar-refractivity contribution is -0.131. The van der Waals surface area contributed by atoms with Gasteiger partial charge in [-0.25, -0.2) is 4.79 Å². The molecule has 2 aromatic heterocycles. The zero-order valence-corrected chi connectivity index (χ0v) is 15.0. The van der Waals surface area contributed by atoms with Gasteiger partial charge in [0.25, 0.3) is 5.22 Å². The third-order valence-corrected chi connectivity index (χ3v) is 4.43. The smallest absolute Gasteiger partial charge is 0.342 e. The summed E-state index contributed by atoms with van der Waals surface area (Å²) in [5.74, 6) is 0.0250. The van der Waals surface area contributed by atoms with Gasteiger partial charge in [-0.05, 0) is 42.1 Å². The summed E-state index contributed by atoms with van der Waals surface area (Å²) < 4.78 is 10.8. The Morgan fingerprint density at radius 2 is 2.00 bits per heavy atom. The third-order valence-electron chi connectivity index (χ3n) is 3.01. The Balaban J connectivity index is 1.90. The van der Waals surface area contributed by atoms with Gasteiger partial charge in [-0.1, -0.05) is 23.2 Å². The van der Waals surface area contributed by atoms with Crippen molar-refractivity contribution in [2.24, 2.45) is 0 Å². The highest BCUT2D eigenvalue weighted by Crippen LogP contribution is 2.33. The van der Waals surface area contributed by atoms with Gasteiger partial charge in [0.05, 0.1) is 5.02 Å². The largest absolute Gasteiger partial charge is 0.477 e. The van der Waals surface area contributed by atoms with E-state index in [-0.39, 0.29) is 10.1 Å². The van der Waals surface area contributed by atoms with Crippen molar-refractivity contribution in [2.75, 3.05) is 0 Å². The van der Waals surface area contributed by atoms with E-state index in [4.69, 9.17) is 32.0 Å². The summed E-state index contributed by atoms with van der Waals surface area (Å²) in [5.41, 5.74) is 0.617. The van der Waals surface area contributed by atoms with E-state index in [9.17, 15) is 9.90 Å². The molecule has 0 fully saturated rings. The molecule has 0 spiro atoms. The van der Waals surface area contributed by atoms with Crippen LogP contribution in [0.1, 0.15) is 11.7 Å². The molecule has 0 amide bonds. The van der Waals surface area contributed by atoms with Gasteiger partial charge in [0.1, 0.15) is 16.4 Å². The van der Waals surface area contributed by atoms with Crippen LogP contribution in [0.4, 0.5) is 0 Å². The minimum absolute atomic E-state index is 0.0262. The second-order valence-corrected chi connectivity index (χ2v) is 6.67. The predicted molar refractivity (Wildman–Crippen MR) is 94.7 cm³/mol. The highest BCUT2D eigenvalue weighted by Gasteiger charge is 2.16. The van der Waals surface area contributed by atoms with Crippen LogP contribution in [-0.2, 0) is 4.79 Å². The molecule has 25 heavy (non-hydrogen) atoms. The maximum atomic E-state index is 11.4. The van der Waals surface area contributed by atoms with Gasteiger partial charge in [0.2, 0.25) is 5.89 Å². The molecule has 6 nitrogen and oxygen atoms in total. The Morgan fingerprint density at radius 1 is 1.20 bits per heavy atom. The molecule has 0 bridgehead atoms. The first-order valence-electron chi connectivity index (χ1n) is 6.90. The van der Waals surface area contributed by atoms with Crippen molar-refractivity contribution in [3.05, 3.63) is 56.9 Å². The second kappa shape index (κ2) is 7.35. The summed E-state index contributed by atoms with van der Waals surface area (Å²) in [6, 6.07) is 8.32. The molecule has 9 heteroatoms. The van der Waals surface area contributed by atoms with Crippen molar-refractivity contribution in [3.63, 3.8) is 0 Å². The van der Waals surface area contributed by atoms with Crippen LogP contribution in [0.5, 0.6) is 0 Å². The van der Waals surface area contributed by atoms with Gasteiger partial charge >= 0.3 is 5.97 Å². The molecule has 0 aliphatic heterocycles. The third kappa shape index (κ3) is 4.25. The fourth-order valence-corrected chi connectivity index (χ4v) is 3.02. The topological polar surface area (TPSA) is 89.4 Å². The number of carboxylic acid groups (broad SMARTS) is 1. The number of aryl methyl sites for hydroxylation is 1. The molecule has 0 saturated heterocycles. The number of aromatic nitrogens is 2. The van der Waals surface area contributed by atoms with E-state index in [1.54, 1.807) is 37.3 Å². The van der Waals surface area contributed by atoms with Crippen LogP contribution in [0.2, 0.25) is 10.0 Å². The minimum atomic E-state index is -1.14. The number of hydrogen-bond donors (Lipinski definition) is 1. The SMILES string of the molecule is Cc1nnc(S/C(=C/c2ccc(-c3cc(Cl)ccc3Cl)o2)C(=O)O)o1. The lowest BCUT2D eigenvalue weighted by atomic mass is 10.2. The van der Waals surface area contributed by atoms with Gasteiger partial charge in [-0.2, -0.15) is 0 Å². The summed E-state index contributed by atoms with van der Waals surface area (Å²) in [4.78, 5) is 11.4.